The predicted octanol–water partition coefficient (Wildman–Crippen LogP) is 4.42. The summed E-state index contributed by atoms with van der Waals surface area (Å²) >= 11 is 12.1. The molecular weight excluding hydrogens is 413 g/mol. The van der Waals surface area contributed by atoms with Crippen molar-refractivity contribution in [1.82, 2.24) is 9.55 Å². The number of pyridine rings is 2. The van der Waals surface area contributed by atoms with Gasteiger partial charge >= 0.3 is 0 Å². The summed E-state index contributed by atoms with van der Waals surface area (Å²) in [6.07, 6.45) is 1.50. The summed E-state index contributed by atoms with van der Waals surface area (Å²) < 4.78 is 34.1. The maximum Gasteiger partial charge on any atom is 0.298 e. The van der Waals surface area contributed by atoms with Crippen molar-refractivity contribution in [2.75, 3.05) is 23.8 Å². The highest BCUT2D eigenvalue weighted by atomic mass is 35.5. The molecule has 0 saturated heterocycles. The minimum atomic E-state index is -3.09. The van der Waals surface area contributed by atoms with Crippen molar-refractivity contribution in [3.05, 3.63) is 51.0 Å². The van der Waals surface area contributed by atoms with Crippen LogP contribution in [0.1, 0.15) is 0 Å². The lowest BCUT2D eigenvalue weighted by atomic mass is 10.1. The third-order valence-corrected chi connectivity index (χ3v) is 5.20. The Morgan fingerprint density at radius 1 is 1.32 bits per heavy atom. The van der Waals surface area contributed by atoms with Gasteiger partial charge in [-0.05, 0) is 24.3 Å². The van der Waals surface area contributed by atoms with Crippen molar-refractivity contribution in [2.24, 2.45) is 7.05 Å². The van der Waals surface area contributed by atoms with Gasteiger partial charge in [-0.25, -0.2) is 13.8 Å². The number of alkyl halides is 2. The van der Waals surface area contributed by atoms with Gasteiger partial charge < -0.3 is 19.9 Å². The third kappa shape index (κ3) is 3.22. The Morgan fingerprint density at radius 2 is 2.11 bits per heavy atom. The standard InChI is InChI=1S/C18H14Cl2F2N4O2/c1-26-12-3-2-9(25-11-4-5-23-16(20)13(11)19)6-10(12)14-15(17(26)27)28-8-18(21,22)7-24-14/h2-6,24H,7-8H2,1H3,(H,23,25). The Hall–Kier alpha value is -2.58. The first-order valence-corrected chi connectivity index (χ1v) is 9.01. The molecule has 0 aliphatic carbocycles. The van der Waals surface area contributed by atoms with Crippen molar-refractivity contribution >= 4 is 51.2 Å². The van der Waals surface area contributed by atoms with E-state index in [0.717, 1.165) is 0 Å². The van der Waals surface area contributed by atoms with E-state index in [1.54, 1.807) is 31.3 Å². The Balaban J connectivity index is 1.85. The highest BCUT2D eigenvalue weighted by Gasteiger charge is 2.35. The van der Waals surface area contributed by atoms with Crippen LogP contribution in [0.15, 0.2) is 35.3 Å². The van der Waals surface area contributed by atoms with Crippen molar-refractivity contribution < 1.29 is 13.5 Å². The van der Waals surface area contributed by atoms with Crippen LogP contribution in [-0.4, -0.2) is 28.6 Å². The molecule has 146 valence electrons. The second-order valence-electron chi connectivity index (χ2n) is 6.39. The molecule has 0 bridgehead atoms. The number of halogens is 4. The highest BCUT2D eigenvalue weighted by molar-refractivity contribution is 6.43. The molecule has 0 radical (unpaired) electrons. The molecule has 2 N–H and O–H groups in total. The lowest BCUT2D eigenvalue weighted by Gasteiger charge is -2.16. The summed E-state index contributed by atoms with van der Waals surface area (Å²) in [6.45, 7) is -1.50. The summed E-state index contributed by atoms with van der Waals surface area (Å²) in [4.78, 5) is 16.4. The van der Waals surface area contributed by atoms with Gasteiger partial charge in [0.15, 0.2) is 6.61 Å². The van der Waals surface area contributed by atoms with Crippen molar-refractivity contribution in [2.45, 2.75) is 5.92 Å². The number of aryl methyl sites for hydroxylation is 1. The number of hydrogen-bond donors (Lipinski definition) is 2. The monoisotopic (exact) mass is 426 g/mol. The SMILES string of the molecule is Cn1c(=O)c2c(c3cc(Nc4ccnc(Cl)c4Cl)ccc31)NCC(F)(F)CO2. The highest BCUT2D eigenvalue weighted by Crippen LogP contribution is 2.36. The fraction of sp³-hybridized carbons (Fsp3) is 0.222. The van der Waals surface area contributed by atoms with Crippen LogP contribution in [0.2, 0.25) is 10.2 Å². The Bertz CT molecular complexity index is 1150. The van der Waals surface area contributed by atoms with E-state index in [-0.39, 0.29) is 21.6 Å². The average Bonchev–Trinajstić information content (AvgIpc) is 2.82. The van der Waals surface area contributed by atoms with Crippen LogP contribution < -0.4 is 20.9 Å². The lowest BCUT2D eigenvalue weighted by Crippen LogP contribution is -2.31. The topological polar surface area (TPSA) is 68.2 Å². The number of hydrogen-bond acceptors (Lipinski definition) is 5. The number of benzene rings is 1. The van der Waals surface area contributed by atoms with E-state index in [2.05, 4.69) is 15.6 Å². The van der Waals surface area contributed by atoms with Gasteiger partial charge in [0.2, 0.25) is 5.75 Å². The molecule has 0 saturated carbocycles. The van der Waals surface area contributed by atoms with E-state index in [9.17, 15) is 13.6 Å². The molecule has 10 heteroatoms. The smallest absolute Gasteiger partial charge is 0.298 e. The van der Waals surface area contributed by atoms with Gasteiger partial charge in [0, 0.05) is 24.3 Å². The van der Waals surface area contributed by atoms with Crippen LogP contribution in [0.3, 0.4) is 0 Å². The number of aromatic nitrogens is 2. The normalized spacial score (nSPS) is 15.3. The van der Waals surface area contributed by atoms with Gasteiger partial charge in [-0.15, -0.1) is 0 Å². The van der Waals surface area contributed by atoms with E-state index < -0.39 is 24.6 Å². The van der Waals surface area contributed by atoms with Gasteiger partial charge in [0.25, 0.3) is 11.5 Å². The predicted molar refractivity (Wildman–Crippen MR) is 106 cm³/mol. The summed E-state index contributed by atoms with van der Waals surface area (Å²) in [5.41, 5.74) is 1.47. The van der Waals surface area contributed by atoms with Crippen LogP contribution >= 0.6 is 23.2 Å². The van der Waals surface area contributed by atoms with Gasteiger partial charge in [-0.2, -0.15) is 0 Å². The molecule has 0 fully saturated rings. The van der Waals surface area contributed by atoms with Crippen LogP contribution in [0.25, 0.3) is 10.9 Å². The zero-order chi connectivity index (χ0) is 20.1. The first kappa shape index (κ1) is 18.8. The Morgan fingerprint density at radius 3 is 2.89 bits per heavy atom. The van der Waals surface area contributed by atoms with Crippen molar-refractivity contribution in [3.63, 3.8) is 0 Å². The molecule has 4 rings (SSSR count). The zero-order valence-electron chi connectivity index (χ0n) is 14.5. The van der Waals surface area contributed by atoms with Crippen LogP contribution in [0, 0.1) is 0 Å². The number of rotatable bonds is 2. The molecule has 6 nitrogen and oxygen atoms in total. The maximum atomic E-state index is 13.8. The number of nitrogens with one attached hydrogen (secondary N) is 2. The molecule has 3 heterocycles. The van der Waals surface area contributed by atoms with Crippen LogP contribution in [0.4, 0.5) is 25.8 Å². The van der Waals surface area contributed by atoms with Gasteiger partial charge in [0.1, 0.15) is 10.2 Å². The third-order valence-electron chi connectivity index (χ3n) is 4.43. The fourth-order valence-corrected chi connectivity index (χ4v) is 3.34. The number of ether oxygens (including phenoxy) is 1. The molecular formula is C18H14Cl2F2N4O2. The first-order chi connectivity index (χ1) is 13.3. The largest absolute Gasteiger partial charge is 0.480 e. The Kier molecular flexibility index (Phi) is 4.55. The Labute approximate surface area is 168 Å². The quantitative estimate of drug-likeness (QED) is 0.593. The number of fused-ring (bicyclic) bond motifs is 3. The van der Waals surface area contributed by atoms with E-state index in [0.29, 0.717) is 22.3 Å². The second kappa shape index (κ2) is 6.79. The molecule has 1 aromatic carbocycles. The van der Waals surface area contributed by atoms with Gasteiger partial charge in [-0.3, -0.25) is 4.79 Å². The van der Waals surface area contributed by atoms with Crippen LogP contribution in [0.5, 0.6) is 5.75 Å². The summed E-state index contributed by atoms with van der Waals surface area (Å²) in [5, 5.41) is 6.74. The molecule has 0 unspecified atom stereocenters. The lowest BCUT2D eigenvalue weighted by molar-refractivity contribution is -0.0251. The van der Waals surface area contributed by atoms with E-state index >= 15 is 0 Å². The molecule has 1 aliphatic heterocycles. The van der Waals surface area contributed by atoms with Gasteiger partial charge in [-0.1, -0.05) is 23.2 Å². The molecule has 28 heavy (non-hydrogen) atoms. The van der Waals surface area contributed by atoms with Gasteiger partial charge in [0.05, 0.1) is 23.4 Å². The molecule has 0 atom stereocenters. The first-order valence-electron chi connectivity index (χ1n) is 8.25. The second-order valence-corrected chi connectivity index (χ2v) is 7.12. The average molecular weight is 427 g/mol. The van der Waals surface area contributed by atoms with E-state index in [1.807, 2.05) is 0 Å². The number of nitrogens with zero attached hydrogens (tertiary/aromatic N) is 2. The summed E-state index contributed by atoms with van der Waals surface area (Å²) in [5.74, 6) is -3.22. The number of anilines is 3. The molecule has 1 aliphatic rings. The summed E-state index contributed by atoms with van der Waals surface area (Å²) in [6, 6.07) is 6.82. The van der Waals surface area contributed by atoms with Crippen molar-refractivity contribution in [3.8, 4) is 5.75 Å². The minimum Gasteiger partial charge on any atom is -0.480 e. The zero-order valence-corrected chi connectivity index (χ0v) is 16.0. The molecule has 0 spiro atoms. The molecule has 2 aromatic heterocycles. The fourth-order valence-electron chi connectivity index (χ4n) is 3.02. The minimum absolute atomic E-state index is 0.130. The van der Waals surface area contributed by atoms with E-state index in [1.165, 1.54) is 10.8 Å². The summed E-state index contributed by atoms with van der Waals surface area (Å²) in [7, 11) is 1.56. The maximum absolute atomic E-state index is 13.8. The van der Waals surface area contributed by atoms with E-state index in [4.69, 9.17) is 27.9 Å². The molecule has 3 aromatic rings. The van der Waals surface area contributed by atoms with Crippen LogP contribution in [-0.2, 0) is 7.05 Å². The van der Waals surface area contributed by atoms with Crippen molar-refractivity contribution in [1.29, 1.82) is 0 Å². The molecule has 0 amide bonds.